The molecule has 1 aliphatic heterocycles. The Kier molecular flexibility index (Phi) is 5.36. The lowest BCUT2D eigenvalue weighted by Gasteiger charge is -2.16. The summed E-state index contributed by atoms with van der Waals surface area (Å²) in [5, 5.41) is 23.9. The zero-order valence-corrected chi connectivity index (χ0v) is 16.1. The highest BCUT2D eigenvalue weighted by Crippen LogP contribution is 2.39. The monoisotopic (exact) mass is 421 g/mol. The number of rotatable bonds is 4. The topological polar surface area (TPSA) is 95.7 Å². The Hall–Kier alpha value is -2.62. The maximum absolute atomic E-state index is 12.7. The highest BCUT2D eigenvalue weighted by atomic mass is 35.5. The molecule has 1 aliphatic rings. The molecule has 0 bridgehead atoms. The smallest absolute Gasteiger partial charge is 0.273 e. The van der Waals surface area contributed by atoms with Crippen molar-refractivity contribution in [2.75, 3.05) is 12.0 Å². The van der Waals surface area contributed by atoms with Gasteiger partial charge in [-0.1, -0.05) is 41.3 Å². The van der Waals surface area contributed by atoms with E-state index in [0.717, 1.165) is 23.9 Å². The first kappa shape index (κ1) is 19.2. The van der Waals surface area contributed by atoms with E-state index in [-0.39, 0.29) is 26.2 Å². The minimum Gasteiger partial charge on any atom is -0.870 e. The molecule has 0 atom stereocenters. The molecule has 2 aromatic rings. The van der Waals surface area contributed by atoms with Gasteiger partial charge in [-0.2, -0.15) is 0 Å². The Morgan fingerprint density at radius 2 is 1.96 bits per heavy atom. The van der Waals surface area contributed by atoms with Gasteiger partial charge in [-0.3, -0.25) is 19.8 Å². The van der Waals surface area contributed by atoms with E-state index in [0.29, 0.717) is 10.7 Å². The molecule has 0 N–H and O–H groups in total. The second kappa shape index (κ2) is 7.55. The van der Waals surface area contributed by atoms with Gasteiger partial charge in [0.2, 0.25) is 0 Å². The van der Waals surface area contributed by atoms with Gasteiger partial charge in [-0.05, 0) is 35.9 Å². The summed E-state index contributed by atoms with van der Waals surface area (Å²) < 4.78 is 5.18. The maximum Gasteiger partial charge on any atom is 0.273 e. The number of hydrogen-bond acceptors (Lipinski definition) is 7. The number of hydrogen-bond donors (Lipinski definition) is 0. The van der Waals surface area contributed by atoms with E-state index in [1.807, 2.05) is 0 Å². The number of methoxy groups -OCH3 is 1. The highest BCUT2D eigenvalue weighted by molar-refractivity contribution is 8.27. The summed E-state index contributed by atoms with van der Waals surface area (Å²) in [5.74, 6) is -1.17. The Morgan fingerprint density at radius 3 is 2.56 bits per heavy atom. The molecule has 0 spiro atoms. The van der Waals surface area contributed by atoms with E-state index in [2.05, 4.69) is 0 Å². The first-order valence-corrected chi connectivity index (χ1v) is 8.99. The summed E-state index contributed by atoms with van der Waals surface area (Å²) in [4.78, 5) is 24.6. The predicted molar refractivity (Wildman–Crippen MR) is 106 cm³/mol. The van der Waals surface area contributed by atoms with Crippen LogP contribution in [0, 0.1) is 10.1 Å². The number of halogens is 1. The summed E-state index contributed by atoms with van der Waals surface area (Å²) in [7, 11) is 1.24. The first-order chi connectivity index (χ1) is 12.8. The number of thioether (sulfide) groups is 1. The van der Waals surface area contributed by atoms with E-state index in [9.17, 15) is 20.0 Å². The number of ether oxygens (including phenoxy) is 1. The molecule has 7 nitrogen and oxygen atoms in total. The summed E-state index contributed by atoms with van der Waals surface area (Å²) >= 11 is 12.1. The van der Waals surface area contributed by atoms with Gasteiger partial charge in [0, 0.05) is 11.1 Å². The van der Waals surface area contributed by atoms with Gasteiger partial charge in [0.05, 0.1) is 28.7 Å². The van der Waals surface area contributed by atoms with Crippen molar-refractivity contribution < 1.29 is 19.6 Å². The van der Waals surface area contributed by atoms with Gasteiger partial charge >= 0.3 is 0 Å². The van der Waals surface area contributed by atoms with E-state index >= 15 is 0 Å². The third-order valence-corrected chi connectivity index (χ3v) is 5.22. The largest absolute Gasteiger partial charge is 0.870 e. The van der Waals surface area contributed by atoms with Crippen LogP contribution in [0.3, 0.4) is 0 Å². The van der Waals surface area contributed by atoms with E-state index in [1.165, 1.54) is 18.1 Å². The van der Waals surface area contributed by atoms with Crippen molar-refractivity contribution in [1.82, 2.24) is 0 Å². The van der Waals surface area contributed by atoms with Crippen molar-refractivity contribution in [2.45, 2.75) is 0 Å². The molecule has 2 aromatic carbocycles. The highest BCUT2D eigenvalue weighted by Gasteiger charge is 2.33. The number of nitro benzene ring substituents is 1. The normalized spacial score (nSPS) is 15.5. The number of amides is 1. The first-order valence-electron chi connectivity index (χ1n) is 7.38. The predicted octanol–water partition coefficient (Wildman–Crippen LogP) is 3.74. The van der Waals surface area contributed by atoms with E-state index in [1.54, 1.807) is 24.3 Å². The SMILES string of the molecule is COc1cc([N+](=O)[O-])cc(/C=C2/SC(=S)N(c3ccc(Cl)cc3)C2=O)c1[O-]. The second-order valence-electron chi connectivity index (χ2n) is 5.32. The zero-order chi connectivity index (χ0) is 19.7. The van der Waals surface area contributed by atoms with Crippen molar-refractivity contribution in [3.63, 3.8) is 0 Å². The van der Waals surface area contributed by atoms with Gasteiger partial charge in [0.15, 0.2) is 4.32 Å². The van der Waals surface area contributed by atoms with Crippen molar-refractivity contribution in [3.05, 3.63) is 62.0 Å². The number of carbonyl (C=O) groups excluding carboxylic acids is 1. The van der Waals surface area contributed by atoms with Gasteiger partial charge in [-0.25, -0.2) is 0 Å². The number of anilines is 1. The molecular formula is C17H10ClN2O5S2-. The van der Waals surface area contributed by atoms with Crippen LogP contribution < -0.4 is 14.7 Å². The molecule has 0 aromatic heterocycles. The quantitative estimate of drug-likeness (QED) is 0.321. The van der Waals surface area contributed by atoms with Crippen LogP contribution in [-0.2, 0) is 4.79 Å². The molecule has 27 heavy (non-hydrogen) atoms. The standard InChI is InChI=1S/C17H11ClN2O5S2/c1-25-13-8-12(20(23)24)6-9(15(13)21)7-14-16(22)19(17(26)27-14)11-4-2-10(18)3-5-11/h2-8,21H,1H3/p-1/b14-7+. The molecular weight excluding hydrogens is 412 g/mol. The fraction of sp³-hybridized carbons (Fsp3) is 0.0588. The minimum absolute atomic E-state index is 0.0299. The third kappa shape index (κ3) is 3.75. The van der Waals surface area contributed by atoms with Crippen LogP contribution in [0.5, 0.6) is 11.5 Å². The Morgan fingerprint density at radius 1 is 1.30 bits per heavy atom. The van der Waals surface area contributed by atoms with Crippen LogP contribution in [0.25, 0.3) is 6.08 Å². The summed E-state index contributed by atoms with van der Waals surface area (Å²) in [5.41, 5.74) is 0.188. The van der Waals surface area contributed by atoms with E-state index < -0.39 is 16.6 Å². The fourth-order valence-corrected chi connectivity index (χ4v) is 3.81. The second-order valence-corrected chi connectivity index (χ2v) is 7.43. The molecule has 1 heterocycles. The number of carbonyl (C=O) groups is 1. The van der Waals surface area contributed by atoms with Gasteiger partial charge < -0.3 is 9.84 Å². The molecule has 1 fully saturated rings. The van der Waals surface area contributed by atoms with Crippen molar-refractivity contribution in [3.8, 4) is 11.5 Å². The molecule has 138 valence electrons. The third-order valence-electron chi connectivity index (χ3n) is 3.66. The molecule has 0 radical (unpaired) electrons. The van der Waals surface area contributed by atoms with Gasteiger partial charge in [0.25, 0.3) is 11.6 Å². The molecule has 0 unspecified atom stereocenters. The number of thiocarbonyl (C=S) groups is 1. The number of nitro groups is 1. The Bertz CT molecular complexity index is 992. The van der Waals surface area contributed by atoms with Gasteiger partial charge in [0.1, 0.15) is 5.75 Å². The van der Waals surface area contributed by atoms with Crippen LogP contribution in [0.1, 0.15) is 5.56 Å². The van der Waals surface area contributed by atoms with E-state index in [4.69, 9.17) is 28.6 Å². The number of non-ortho nitro benzene ring substituents is 1. The maximum atomic E-state index is 12.7. The lowest BCUT2D eigenvalue weighted by atomic mass is 10.1. The molecule has 10 heteroatoms. The minimum atomic E-state index is -0.641. The molecule has 1 amide bonds. The van der Waals surface area contributed by atoms with Crippen LogP contribution >= 0.6 is 35.6 Å². The van der Waals surface area contributed by atoms with Crippen LogP contribution in [-0.4, -0.2) is 22.3 Å². The molecule has 0 aliphatic carbocycles. The lowest BCUT2D eigenvalue weighted by Crippen LogP contribution is -2.27. The van der Waals surface area contributed by atoms with Gasteiger partial charge in [-0.15, -0.1) is 0 Å². The number of nitrogens with zero attached hydrogens (tertiary/aromatic N) is 2. The molecule has 1 saturated heterocycles. The van der Waals surface area contributed by atoms with Crippen molar-refractivity contribution in [1.29, 1.82) is 0 Å². The average Bonchev–Trinajstić information content (AvgIpc) is 2.91. The lowest BCUT2D eigenvalue weighted by molar-refractivity contribution is -0.385. The van der Waals surface area contributed by atoms with Crippen molar-refractivity contribution >= 4 is 63.3 Å². The Balaban J connectivity index is 2.02. The molecule has 3 rings (SSSR count). The Labute approximate surface area is 168 Å². The van der Waals surface area contributed by atoms with Crippen LogP contribution in [0.2, 0.25) is 5.02 Å². The zero-order valence-electron chi connectivity index (χ0n) is 13.7. The fourth-order valence-electron chi connectivity index (χ4n) is 2.39. The summed E-state index contributed by atoms with van der Waals surface area (Å²) in [6, 6.07) is 8.68. The number of benzene rings is 2. The summed E-state index contributed by atoms with van der Waals surface area (Å²) in [6.45, 7) is 0. The van der Waals surface area contributed by atoms with Crippen LogP contribution in [0.4, 0.5) is 11.4 Å². The average molecular weight is 422 g/mol. The summed E-state index contributed by atoms with van der Waals surface area (Å²) in [6.07, 6.45) is 1.28. The molecule has 0 saturated carbocycles. The van der Waals surface area contributed by atoms with Crippen molar-refractivity contribution in [2.24, 2.45) is 0 Å². The van der Waals surface area contributed by atoms with Crippen LogP contribution in [0.15, 0.2) is 41.3 Å².